The SMILES string of the molecule is Cc1cc(=O)c(C(=O)N(C)CCOc2ccccc2F)nn1-c1ccc(Cl)cc1. The van der Waals surface area contributed by atoms with Gasteiger partial charge in [0.2, 0.25) is 5.43 Å². The molecule has 0 aliphatic heterocycles. The molecule has 0 bridgehead atoms. The van der Waals surface area contributed by atoms with Gasteiger partial charge in [0.15, 0.2) is 17.3 Å². The smallest absolute Gasteiger partial charge is 0.278 e. The summed E-state index contributed by atoms with van der Waals surface area (Å²) in [4.78, 5) is 26.4. The van der Waals surface area contributed by atoms with Gasteiger partial charge in [0, 0.05) is 23.8 Å². The number of aryl methyl sites for hydroxylation is 1. The maximum atomic E-state index is 13.6. The summed E-state index contributed by atoms with van der Waals surface area (Å²) in [6.45, 7) is 1.95. The number of para-hydroxylation sites is 1. The van der Waals surface area contributed by atoms with Crippen molar-refractivity contribution in [1.82, 2.24) is 14.7 Å². The van der Waals surface area contributed by atoms with Crippen LogP contribution in [0.4, 0.5) is 4.39 Å². The summed E-state index contributed by atoms with van der Waals surface area (Å²) in [5.74, 6) is -0.922. The van der Waals surface area contributed by atoms with Crippen LogP contribution in [0.1, 0.15) is 16.2 Å². The molecule has 0 aliphatic carbocycles. The number of carbonyl (C=O) groups excluding carboxylic acids is 1. The van der Waals surface area contributed by atoms with Gasteiger partial charge in [0.05, 0.1) is 12.2 Å². The Bertz CT molecular complexity index is 1080. The number of rotatable bonds is 6. The quantitative estimate of drug-likeness (QED) is 0.618. The fraction of sp³-hybridized carbons (Fsp3) is 0.190. The van der Waals surface area contributed by atoms with Crippen LogP contribution in [0.2, 0.25) is 5.02 Å². The van der Waals surface area contributed by atoms with E-state index in [1.54, 1.807) is 43.3 Å². The minimum absolute atomic E-state index is 0.0699. The second-order valence-electron chi connectivity index (χ2n) is 6.39. The van der Waals surface area contributed by atoms with Crippen molar-refractivity contribution in [2.24, 2.45) is 0 Å². The lowest BCUT2D eigenvalue weighted by molar-refractivity contribution is 0.0763. The molecule has 6 nitrogen and oxygen atoms in total. The van der Waals surface area contributed by atoms with Crippen LogP contribution in [-0.4, -0.2) is 40.8 Å². The molecule has 0 atom stereocenters. The number of hydrogen-bond donors (Lipinski definition) is 0. The number of aromatic nitrogens is 2. The van der Waals surface area contributed by atoms with Crippen LogP contribution >= 0.6 is 11.6 Å². The summed E-state index contributed by atoms with van der Waals surface area (Å²) in [5, 5.41) is 4.81. The van der Waals surface area contributed by atoms with Crippen molar-refractivity contribution < 1.29 is 13.9 Å². The minimum atomic E-state index is -0.546. The molecule has 0 N–H and O–H groups in total. The minimum Gasteiger partial charge on any atom is -0.489 e. The number of likely N-dealkylation sites (N-methyl/N-ethyl adjacent to an activating group) is 1. The van der Waals surface area contributed by atoms with Crippen LogP contribution < -0.4 is 10.2 Å². The maximum Gasteiger partial charge on any atom is 0.278 e. The number of amides is 1. The summed E-state index contributed by atoms with van der Waals surface area (Å²) < 4.78 is 20.5. The monoisotopic (exact) mass is 415 g/mol. The van der Waals surface area contributed by atoms with Gasteiger partial charge in [-0.3, -0.25) is 9.59 Å². The van der Waals surface area contributed by atoms with E-state index in [0.717, 1.165) is 0 Å². The van der Waals surface area contributed by atoms with Crippen LogP contribution in [0.15, 0.2) is 59.4 Å². The highest BCUT2D eigenvalue weighted by Gasteiger charge is 2.19. The summed E-state index contributed by atoms with van der Waals surface area (Å²) in [6, 6.07) is 14.3. The molecule has 150 valence electrons. The van der Waals surface area contributed by atoms with E-state index >= 15 is 0 Å². The van der Waals surface area contributed by atoms with Gasteiger partial charge in [-0.15, -0.1) is 0 Å². The molecule has 1 aromatic heterocycles. The number of hydrogen-bond acceptors (Lipinski definition) is 4. The van der Waals surface area contributed by atoms with Crippen LogP contribution in [0.25, 0.3) is 5.69 Å². The topological polar surface area (TPSA) is 64.4 Å². The fourth-order valence-corrected chi connectivity index (χ4v) is 2.80. The second kappa shape index (κ2) is 8.87. The summed E-state index contributed by atoms with van der Waals surface area (Å²) in [7, 11) is 1.53. The number of halogens is 2. The molecule has 0 saturated heterocycles. The van der Waals surface area contributed by atoms with Crippen LogP contribution in [0.5, 0.6) is 5.75 Å². The van der Waals surface area contributed by atoms with Gasteiger partial charge in [0.1, 0.15) is 6.61 Å². The van der Waals surface area contributed by atoms with Gasteiger partial charge in [-0.05, 0) is 43.3 Å². The molecule has 3 rings (SSSR count). The van der Waals surface area contributed by atoms with E-state index < -0.39 is 17.2 Å². The molecule has 0 unspecified atom stereocenters. The first-order chi connectivity index (χ1) is 13.9. The zero-order valence-electron chi connectivity index (χ0n) is 15.9. The van der Waals surface area contributed by atoms with E-state index in [1.165, 1.54) is 34.8 Å². The molecule has 1 heterocycles. The Labute approximate surface area is 172 Å². The lowest BCUT2D eigenvalue weighted by atomic mass is 10.2. The van der Waals surface area contributed by atoms with Crippen molar-refractivity contribution in [3.63, 3.8) is 0 Å². The van der Waals surface area contributed by atoms with Crippen molar-refractivity contribution in [1.29, 1.82) is 0 Å². The average molecular weight is 416 g/mol. The highest BCUT2D eigenvalue weighted by molar-refractivity contribution is 6.30. The average Bonchev–Trinajstić information content (AvgIpc) is 2.70. The number of benzene rings is 2. The molecule has 0 spiro atoms. The van der Waals surface area contributed by atoms with E-state index in [1.807, 2.05) is 0 Å². The Morgan fingerprint density at radius 3 is 2.59 bits per heavy atom. The van der Waals surface area contributed by atoms with E-state index in [4.69, 9.17) is 16.3 Å². The predicted molar refractivity (Wildman–Crippen MR) is 108 cm³/mol. The van der Waals surface area contributed by atoms with Gasteiger partial charge in [-0.1, -0.05) is 23.7 Å². The molecule has 1 amide bonds. The molecule has 3 aromatic rings. The van der Waals surface area contributed by atoms with Crippen LogP contribution in [0, 0.1) is 12.7 Å². The van der Waals surface area contributed by atoms with Crippen LogP contribution in [-0.2, 0) is 0 Å². The van der Waals surface area contributed by atoms with Crippen molar-refractivity contribution in [3.05, 3.63) is 87.0 Å². The first kappa shape index (κ1) is 20.5. The Morgan fingerprint density at radius 2 is 1.90 bits per heavy atom. The van der Waals surface area contributed by atoms with Gasteiger partial charge in [-0.2, -0.15) is 5.10 Å². The number of carbonyl (C=O) groups is 1. The van der Waals surface area contributed by atoms with Gasteiger partial charge in [0.25, 0.3) is 5.91 Å². The summed E-state index contributed by atoms with van der Waals surface area (Å²) >= 11 is 5.91. The maximum absolute atomic E-state index is 13.6. The molecular weight excluding hydrogens is 397 g/mol. The first-order valence-corrected chi connectivity index (χ1v) is 9.24. The summed E-state index contributed by atoms with van der Waals surface area (Å²) in [5.41, 5.74) is 0.574. The predicted octanol–water partition coefficient (Wildman–Crippen LogP) is 3.48. The highest BCUT2D eigenvalue weighted by atomic mass is 35.5. The van der Waals surface area contributed by atoms with Gasteiger partial charge in [-0.25, -0.2) is 9.07 Å². The standard InChI is InChI=1S/C21H19ClFN3O3/c1-14-13-18(27)20(24-26(14)16-9-7-15(22)8-10-16)21(28)25(2)11-12-29-19-6-4-3-5-17(19)23/h3-10,13H,11-12H2,1-2H3. The summed E-state index contributed by atoms with van der Waals surface area (Å²) in [6.07, 6.45) is 0. The Hall–Kier alpha value is -3.19. The van der Waals surface area contributed by atoms with Crippen LogP contribution in [0.3, 0.4) is 0 Å². The fourth-order valence-electron chi connectivity index (χ4n) is 2.68. The zero-order valence-corrected chi connectivity index (χ0v) is 16.7. The van der Waals surface area contributed by atoms with Crippen molar-refractivity contribution in [2.75, 3.05) is 20.2 Å². The van der Waals surface area contributed by atoms with Gasteiger partial charge < -0.3 is 9.64 Å². The molecule has 2 aromatic carbocycles. The molecule has 29 heavy (non-hydrogen) atoms. The zero-order chi connectivity index (χ0) is 21.0. The number of nitrogens with zero attached hydrogens (tertiary/aromatic N) is 3. The molecule has 0 radical (unpaired) electrons. The number of ether oxygens (including phenoxy) is 1. The van der Waals surface area contributed by atoms with E-state index in [0.29, 0.717) is 16.4 Å². The highest BCUT2D eigenvalue weighted by Crippen LogP contribution is 2.16. The van der Waals surface area contributed by atoms with Crippen molar-refractivity contribution in [3.8, 4) is 11.4 Å². The lowest BCUT2D eigenvalue weighted by Crippen LogP contribution is -2.36. The van der Waals surface area contributed by atoms with Crippen molar-refractivity contribution in [2.45, 2.75) is 6.92 Å². The molecular formula is C21H19ClFN3O3. The molecule has 0 aliphatic rings. The van der Waals surface area contributed by atoms with E-state index in [9.17, 15) is 14.0 Å². The first-order valence-electron chi connectivity index (χ1n) is 8.86. The van der Waals surface area contributed by atoms with Gasteiger partial charge >= 0.3 is 0 Å². The van der Waals surface area contributed by atoms with E-state index in [-0.39, 0.29) is 24.6 Å². The third-order valence-electron chi connectivity index (χ3n) is 4.25. The van der Waals surface area contributed by atoms with E-state index in [2.05, 4.69) is 5.10 Å². The lowest BCUT2D eigenvalue weighted by Gasteiger charge is -2.18. The second-order valence-corrected chi connectivity index (χ2v) is 6.83. The Balaban J connectivity index is 1.75. The largest absolute Gasteiger partial charge is 0.489 e. The third-order valence-corrected chi connectivity index (χ3v) is 4.50. The molecule has 0 fully saturated rings. The Morgan fingerprint density at radius 1 is 1.21 bits per heavy atom. The third kappa shape index (κ3) is 4.81. The Kier molecular flexibility index (Phi) is 6.29. The normalized spacial score (nSPS) is 10.6. The molecule has 0 saturated carbocycles. The van der Waals surface area contributed by atoms with Crippen molar-refractivity contribution >= 4 is 17.5 Å². The molecule has 8 heteroatoms.